The highest BCUT2D eigenvalue weighted by molar-refractivity contribution is 5.75. The highest BCUT2D eigenvalue weighted by Crippen LogP contribution is 2.15. The highest BCUT2D eigenvalue weighted by atomic mass is 15.1. The van der Waals surface area contributed by atoms with E-state index in [1.54, 1.807) is 0 Å². The third kappa shape index (κ3) is 4.05. The number of nitrogens with zero attached hydrogens (tertiary/aromatic N) is 3. The molecular formula is C17H28N4. The van der Waals surface area contributed by atoms with Crippen LogP contribution in [0.15, 0.2) is 24.3 Å². The van der Waals surface area contributed by atoms with Gasteiger partial charge in [0.05, 0.1) is 17.6 Å². The van der Waals surface area contributed by atoms with Gasteiger partial charge in [-0.2, -0.15) is 0 Å². The van der Waals surface area contributed by atoms with Crippen LogP contribution in [0.2, 0.25) is 0 Å². The molecule has 0 saturated carbocycles. The lowest BCUT2D eigenvalue weighted by molar-refractivity contribution is 0.297. The SMILES string of the molecule is CCN(CC)CCCNCc1nc2ccccc2n1CC. The second kappa shape index (κ2) is 8.15. The van der Waals surface area contributed by atoms with Crippen LogP contribution in [0.1, 0.15) is 33.0 Å². The monoisotopic (exact) mass is 288 g/mol. The maximum Gasteiger partial charge on any atom is 0.123 e. The molecule has 4 nitrogen and oxygen atoms in total. The van der Waals surface area contributed by atoms with E-state index in [1.807, 2.05) is 0 Å². The highest BCUT2D eigenvalue weighted by Gasteiger charge is 2.08. The van der Waals surface area contributed by atoms with E-state index in [2.05, 4.69) is 59.8 Å². The lowest BCUT2D eigenvalue weighted by Gasteiger charge is -2.17. The molecule has 0 aliphatic heterocycles. The van der Waals surface area contributed by atoms with Gasteiger partial charge in [-0.25, -0.2) is 4.98 Å². The number of aromatic nitrogens is 2. The Balaban J connectivity index is 1.86. The molecule has 1 heterocycles. The summed E-state index contributed by atoms with van der Waals surface area (Å²) in [7, 11) is 0. The third-order valence-corrected chi connectivity index (χ3v) is 4.06. The molecule has 2 rings (SSSR count). The zero-order valence-electron chi connectivity index (χ0n) is 13.6. The fraction of sp³-hybridized carbons (Fsp3) is 0.588. The minimum absolute atomic E-state index is 0.848. The van der Waals surface area contributed by atoms with Gasteiger partial charge >= 0.3 is 0 Å². The summed E-state index contributed by atoms with van der Waals surface area (Å²) in [6.07, 6.45) is 1.19. The molecule has 1 N–H and O–H groups in total. The van der Waals surface area contributed by atoms with Crippen LogP contribution < -0.4 is 5.32 Å². The third-order valence-electron chi connectivity index (χ3n) is 4.06. The Morgan fingerprint density at radius 3 is 2.62 bits per heavy atom. The van der Waals surface area contributed by atoms with E-state index in [0.717, 1.165) is 44.1 Å². The Labute approximate surface area is 128 Å². The van der Waals surface area contributed by atoms with Crippen LogP contribution in [-0.2, 0) is 13.1 Å². The summed E-state index contributed by atoms with van der Waals surface area (Å²) in [5, 5.41) is 3.53. The van der Waals surface area contributed by atoms with Gasteiger partial charge < -0.3 is 14.8 Å². The van der Waals surface area contributed by atoms with Gasteiger partial charge in [0.25, 0.3) is 0 Å². The summed E-state index contributed by atoms with van der Waals surface area (Å²) in [4.78, 5) is 7.20. The zero-order chi connectivity index (χ0) is 15.1. The van der Waals surface area contributed by atoms with Crippen LogP contribution in [0, 0.1) is 0 Å². The van der Waals surface area contributed by atoms with Gasteiger partial charge in [-0.15, -0.1) is 0 Å². The molecule has 0 radical (unpaired) electrons. The van der Waals surface area contributed by atoms with E-state index < -0.39 is 0 Å². The van der Waals surface area contributed by atoms with Crippen LogP contribution in [-0.4, -0.2) is 40.6 Å². The maximum atomic E-state index is 4.74. The molecule has 1 aromatic heterocycles. The number of para-hydroxylation sites is 2. The Hall–Kier alpha value is -1.39. The number of hydrogen-bond donors (Lipinski definition) is 1. The first-order valence-corrected chi connectivity index (χ1v) is 8.17. The minimum Gasteiger partial charge on any atom is -0.327 e. The van der Waals surface area contributed by atoms with Crippen molar-refractivity contribution in [2.24, 2.45) is 0 Å². The average molecular weight is 288 g/mol. The van der Waals surface area contributed by atoms with Gasteiger partial charge in [-0.3, -0.25) is 0 Å². The summed E-state index contributed by atoms with van der Waals surface area (Å²) in [6.45, 7) is 12.9. The van der Waals surface area contributed by atoms with Crippen LogP contribution in [0.25, 0.3) is 11.0 Å². The second-order valence-corrected chi connectivity index (χ2v) is 5.32. The zero-order valence-corrected chi connectivity index (χ0v) is 13.6. The minimum atomic E-state index is 0.848. The van der Waals surface area contributed by atoms with E-state index in [0.29, 0.717) is 0 Å². The predicted octanol–water partition coefficient (Wildman–Crippen LogP) is 2.88. The standard InChI is InChI=1S/C17H28N4/c1-4-20(5-2)13-9-12-18-14-17-19-15-10-7-8-11-16(15)21(17)6-3/h7-8,10-11,18H,4-6,9,12-14H2,1-3H3. The van der Waals surface area contributed by atoms with Gasteiger partial charge in [-0.05, 0) is 51.7 Å². The molecule has 0 unspecified atom stereocenters. The molecule has 0 saturated heterocycles. The van der Waals surface area contributed by atoms with Crippen molar-refractivity contribution in [3.05, 3.63) is 30.1 Å². The average Bonchev–Trinajstić information content (AvgIpc) is 2.88. The number of hydrogen-bond acceptors (Lipinski definition) is 3. The van der Waals surface area contributed by atoms with Crippen LogP contribution in [0.5, 0.6) is 0 Å². The van der Waals surface area contributed by atoms with E-state index >= 15 is 0 Å². The van der Waals surface area contributed by atoms with E-state index in [9.17, 15) is 0 Å². The first-order chi connectivity index (χ1) is 10.3. The maximum absolute atomic E-state index is 4.74. The summed E-state index contributed by atoms with van der Waals surface area (Å²) < 4.78 is 2.30. The molecule has 0 atom stereocenters. The van der Waals surface area contributed by atoms with Crippen molar-refractivity contribution >= 4 is 11.0 Å². The van der Waals surface area contributed by atoms with Crippen molar-refractivity contribution < 1.29 is 0 Å². The lowest BCUT2D eigenvalue weighted by Crippen LogP contribution is -2.27. The Morgan fingerprint density at radius 2 is 1.90 bits per heavy atom. The molecule has 0 aliphatic rings. The molecule has 0 aliphatic carbocycles. The van der Waals surface area contributed by atoms with Gasteiger partial charge in [0.15, 0.2) is 0 Å². The van der Waals surface area contributed by atoms with E-state index in [1.165, 1.54) is 18.5 Å². The fourth-order valence-corrected chi connectivity index (χ4v) is 2.78. The van der Waals surface area contributed by atoms with Crippen molar-refractivity contribution in [2.75, 3.05) is 26.2 Å². The summed E-state index contributed by atoms with van der Waals surface area (Å²) >= 11 is 0. The molecule has 21 heavy (non-hydrogen) atoms. The summed E-state index contributed by atoms with van der Waals surface area (Å²) in [5.41, 5.74) is 2.33. The van der Waals surface area contributed by atoms with Crippen molar-refractivity contribution in [3.8, 4) is 0 Å². The largest absolute Gasteiger partial charge is 0.327 e. The molecule has 0 bridgehead atoms. The van der Waals surface area contributed by atoms with Gasteiger partial charge in [0, 0.05) is 6.54 Å². The molecule has 116 valence electrons. The fourth-order valence-electron chi connectivity index (χ4n) is 2.78. The molecule has 0 fully saturated rings. The molecule has 2 aromatic rings. The molecular weight excluding hydrogens is 260 g/mol. The van der Waals surface area contributed by atoms with E-state index in [4.69, 9.17) is 4.98 Å². The Kier molecular flexibility index (Phi) is 6.21. The summed E-state index contributed by atoms with van der Waals surface area (Å²) in [5.74, 6) is 1.14. The lowest BCUT2D eigenvalue weighted by atomic mass is 10.3. The molecule has 0 amide bonds. The molecule has 1 aromatic carbocycles. The number of aryl methyl sites for hydroxylation is 1. The van der Waals surface area contributed by atoms with E-state index in [-0.39, 0.29) is 0 Å². The molecule has 4 heteroatoms. The quantitative estimate of drug-likeness (QED) is 0.720. The molecule has 0 spiro atoms. The van der Waals surface area contributed by atoms with Gasteiger partial charge in [-0.1, -0.05) is 26.0 Å². The first-order valence-electron chi connectivity index (χ1n) is 8.17. The van der Waals surface area contributed by atoms with Gasteiger partial charge in [0.2, 0.25) is 0 Å². The van der Waals surface area contributed by atoms with Gasteiger partial charge in [0.1, 0.15) is 5.82 Å². The van der Waals surface area contributed by atoms with Crippen molar-refractivity contribution in [1.29, 1.82) is 0 Å². The number of benzene rings is 1. The number of rotatable bonds is 9. The number of fused-ring (bicyclic) bond motifs is 1. The van der Waals surface area contributed by atoms with Crippen molar-refractivity contribution in [1.82, 2.24) is 19.8 Å². The predicted molar refractivity (Wildman–Crippen MR) is 89.5 cm³/mol. The Morgan fingerprint density at radius 1 is 1.14 bits per heavy atom. The van der Waals surface area contributed by atoms with Crippen molar-refractivity contribution in [2.45, 2.75) is 40.3 Å². The first kappa shape index (κ1) is 16.0. The number of nitrogens with one attached hydrogen (secondary N) is 1. The van der Waals surface area contributed by atoms with Crippen molar-refractivity contribution in [3.63, 3.8) is 0 Å². The van der Waals surface area contributed by atoms with Crippen LogP contribution in [0.4, 0.5) is 0 Å². The smallest absolute Gasteiger partial charge is 0.123 e. The topological polar surface area (TPSA) is 33.1 Å². The second-order valence-electron chi connectivity index (χ2n) is 5.32. The normalized spacial score (nSPS) is 11.6. The summed E-state index contributed by atoms with van der Waals surface area (Å²) in [6, 6.07) is 8.37. The van der Waals surface area contributed by atoms with Crippen LogP contribution in [0.3, 0.4) is 0 Å². The number of imidazole rings is 1. The van der Waals surface area contributed by atoms with Crippen LogP contribution >= 0.6 is 0 Å². The Bertz CT molecular complexity index is 543.